The van der Waals surface area contributed by atoms with E-state index in [4.69, 9.17) is 5.73 Å². The van der Waals surface area contributed by atoms with E-state index in [0.29, 0.717) is 0 Å². The molecule has 1 aromatic rings. The smallest absolute Gasteiger partial charge is 0.286 e. The zero-order chi connectivity index (χ0) is 10.9. The zero-order valence-electron chi connectivity index (χ0n) is 8.31. The van der Waals surface area contributed by atoms with Crippen LogP contribution < -0.4 is 5.73 Å². The Bertz CT molecular complexity index is 375. The number of hydrogen-bond donors (Lipinski definition) is 1. The molecule has 1 rings (SSSR count). The van der Waals surface area contributed by atoms with Gasteiger partial charge in [0.25, 0.3) is 11.8 Å². The molecule has 1 amide bonds. The van der Waals surface area contributed by atoms with Gasteiger partial charge < -0.3 is 5.73 Å². The van der Waals surface area contributed by atoms with Crippen molar-refractivity contribution in [3.05, 3.63) is 12.2 Å². The van der Waals surface area contributed by atoms with E-state index in [0.717, 1.165) is 11.0 Å². The Hall–Kier alpha value is -1.72. The zero-order valence-corrected chi connectivity index (χ0v) is 8.31. The summed E-state index contributed by atoms with van der Waals surface area (Å²) < 4.78 is 0.933. The first-order chi connectivity index (χ1) is 6.34. The van der Waals surface area contributed by atoms with Crippen LogP contribution in [0.25, 0.3) is 0 Å². The minimum absolute atomic E-state index is 0.134. The van der Waals surface area contributed by atoms with Crippen molar-refractivity contribution < 1.29 is 9.59 Å². The maximum atomic E-state index is 11.7. The Labute approximate surface area is 81.1 Å². The second-order valence-corrected chi connectivity index (χ2v) is 3.91. The predicted molar refractivity (Wildman–Crippen MR) is 48.6 cm³/mol. The van der Waals surface area contributed by atoms with Gasteiger partial charge in [0.2, 0.25) is 5.82 Å². The normalized spacial score (nSPS) is 11.4. The van der Waals surface area contributed by atoms with Gasteiger partial charge in [-0.1, -0.05) is 20.8 Å². The van der Waals surface area contributed by atoms with Crippen LogP contribution in [-0.2, 0) is 0 Å². The molecule has 14 heavy (non-hydrogen) atoms. The number of nitrogens with zero attached hydrogens (tertiary/aromatic N) is 3. The molecule has 0 bridgehead atoms. The van der Waals surface area contributed by atoms with Gasteiger partial charge in [-0.15, -0.1) is 0 Å². The van der Waals surface area contributed by atoms with Gasteiger partial charge >= 0.3 is 0 Å². The summed E-state index contributed by atoms with van der Waals surface area (Å²) in [5.41, 5.74) is 4.40. The van der Waals surface area contributed by atoms with Gasteiger partial charge in [0.1, 0.15) is 6.33 Å². The molecule has 6 heteroatoms. The van der Waals surface area contributed by atoms with Crippen LogP contribution in [0.2, 0.25) is 0 Å². The molecule has 0 aromatic carbocycles. The molecule has 0 saturated carbocycles. The Kier molecular flexibility index (Phi) is 2.37. The molecular formula is C8H12N4O2. The summed E-state index contributed by atoms with van der Waals surface area (Å²) in [5.74, 6) is -1.21. The largest absolute Gasteiger partial charge is 0.363 e. The van der Waals surface area contributed by atoms with Crippen LogP contribution in [0, 0.1) is 5.41 Å². The van der Waals surface area contributed by atoms with Crippen LogP contribution >= 0.6 is 0 Å². The van der Waals surface area contributed by atoms with E-state index in [9.17, 15) is 9.59 Å². The summed E-state index contributed by atoms with van der Waals surface area (Å²) in [4.78, 5) is 26.2. The first-order valence-corrected chi connectivity index (χ1v) is 4.08. The van der Waals surface area contributed by atoms with Crippen LogP contribution in [0.5, 0.6) is 0 Å². The number of amides is 1. The molecule has 0 atom stereocenters. The van der Waals surface area contributed by atoms with Crippen molar-refractivity contribution in [2.75, 3.05) is 0 Å². The molecule has 6 nitrogen and oxygen atoms in total. The maximum Gasteiger partial charge on any atom is 0.286 e. The van der Waals surface area contributed by atoms with Gasteiger partial charge in [0.15, 0.2) is 0 Å². The van der Waals surface area contributed by atoms with Crippen LogP contribution in [0.1, 0.15) is 36.2 Å². The molecule has 0 spiro atoms. The number of carbonyl (C=O) groups excluding carboxylic acids is 2. The Morgan fingerprint density at radius 1 is 1.43 bits per heavy atom. The lowest BCUT2D eigenvalue weighted by molar-refractivity contribution is 0.0734. The highest BCUT2D eigenvalue weighted by atomic mass is 16.2. The molecule has 0 saturated heterocycles. The molecule has 0 radical (unpaired) electrons. The molecule has 0 fully saturated rings. The van der Waals surface area contributed by atoms with Crippen molar-refractivity contribution >= 4 is 11.8 Å². The van der Waals surface area contributed by atoms with Gasteiger partial charge in [0.05, 0.1) is 0 Å². The Balaban J connectivity index is 3.14. The van der Waals surface area contributed by atoms with Crippen LogP contribution in [0.15, 0.2) is 6.33 Å². The number of primary amides is 1. The third-order valence-corrected chi connectivity index (χ3v) is 1.60. The van der Waals surface area contributed by atoms with E-state index < -0.39 is 11.3 Å². The minimum Gasteiger partial charge on any atom is -0.363 e. The van der Waals surface area contributed by atoms with E-state index in [1.165, 1.54) is 0 Å². The van der Waals surface area contributed by atoms with Crippen LogP contribution in [0.3, 0.4) is 0 Å². The third kappa shape index (κ3) is 1.78. The van der Waals surface area contributed by atoms with Crippen LogP contribution in [0.4, 0.5) is 0 Å². The molecule has 0 aliphatic carbocycles. The highest BCUT2D eigenvalue weighted by molar-refractivity contribution is 5.94. The lowest BCUT2D eigenvalue weighted by atomic mass is 9.96. The first-order valence-electron chi connectivity index (χ1n) is 4.08. The summed E-state index contributed by atoms with van der Waals surface area (Å²) in [5, 5.41) is 3.66. The molecule has 0 aliphatic heterocycles. The summed E-state index contributed by atoms with van der Waals surface area (Å²) in [6.07, 6.45) is 1.13. The summed E-state index contributed by atoms with van der Waals surface area (Å²) >= 11 is 0. The summed E-state index contributed by atoms with van der Waals surface area (Å²) in [6.45, 7) is 5.17. The Morgan fingerprint density at radius 3 is 2.43 bits per heavy atom. The van der Waals surface area contributed by atoms with Crippen molar-refractivity contribution in [1.82, 2.24) is 14.8 Å². The minimum atomic E-state index is -0.764. The first kappa shape index (κ1) is 10.4. The number of nitrogens with two attached hydrogens (primary N) is 1. The highest BCUT2D eigenvalue weighted by Gasteiger charge is 2.27. The molecular weight excluding hydrogens is 184 g/mol. The van der Waals surface area contributed by atoms with Crippen molar-refractivity contribution in [1.29, 1.82) is 0 Å². The van der Waals surface area contributed by atoms with E-state index in [2.05, 4.69) is 10.1 Å². The highest BCUT2D eigenvalue weighted by Crippen LogP contribution is 2.16. The van der Waals surface area contributed by atoms with Gasteiger partial charge in [-0.2, -0.15) is 9.78 Å². The number of rotatable bonds is 1. The lowest BCUT2D eigenvalue weighted by Gasteiger charge is -2.16. The molecule has 2 N–H and O–H groups in total. The molecule has 1 heterocycles. The fraction of sp³-hybridized carbons (Fsp3) is 0.500. The standard InChI is InChI=1S/C8H12N4O2/c1-8(2,3)7(14)12-6(5(9)13)10-4-11-12/h4H,1-3H3,(H2,9,13). The van der Waals surface area contributed by atoms with Crippen molar-refractivity contribution in [3.8, 4) is 0 Å². The van der Waals surface area contributed by atoms with Gasteiger partial charge in [-0.05, 0) is 0 Å². The van der Waals surface area contributed by atoms with E-state index in [-0.39, 0.29) is 11.7 Å². The van der Waals surface area contributed by atoms with Crippen molar-refractivity contribution in [3.63, 3.8) is 0 Å². The van der Waals surface area contributed by atoms with Crippen LogP contribution in [-0.4, -0.2) is 26.6 Å². The Morgan fingerprint density at radius 2 is 2.00 bits per heavy atom. The number of hydrogen-bond acceptors (Lipinski definition) is 4. The fourth-order valence-electron chi connectivity index (χ4n) is 0.876. The second kappa shape index (κ2) is 3.21. The number of aromatic nitrogens is 3. The second-order valence-electron chi connectivity index (χ2n) is 3.91. The monoisotopic (exact) mass is 196 g/mol. The van der Waals surface area contributed by atoms with E-state index in [1.807, 2.05) is 0 Å². The predicted octanol–water partition coefficient (Wildman–Crippen LogP) is 0.0633. The SMILES string of the molecule is CC(C)(C)C(=O)n1ncnc1C(N)=O. The van der Waals surface area contributed by atoms with E-state index in [1.54, 1.807) is 20.8 Å². The number of carbonyl (C=O) groups is 2. The summed E-state index contributed by atoms with van der Waals surface area (Å²) in [6, 6.07) is 0. The fourth-order valence-corrected chi connectivity index (χ4v) is 0.876. The molecule has 76 valence electrons. The third-order valence-electron chi connectivity index (χ3n) is 1.60. The molecule has 0 aliphatic rings. The molecule has 1 aromatic heterocycles. The van der Waals surface area contributed by atoms with Gasteiger partial charge in [0, 0.05) is 5.41 Å². The van der Waals surface area contributed by atoms with Crippen molar-refractivity contribution in [2.24, 2.45) is 11.1 Å². The average molecular weight is 196 g/mol. The van der Waals surface area contributed by atoms with Gasteiger partial charge in [-0.25, -0.2) is 4.98 Å². The quantitative estimate of drug-likeness (QED) is 0.687. The molecule has 0 unspecified atom stereocenters. The van der Waals surface area contributed by atoms with E-state index >= 15 is 0 Å². The average Bonchev–Trinajstić information content (AvgIpc) is 2.48. The van der Waals surface area contributed by atoms with Gasteiger partial charge in [-0.3, -0.25) is 9.59 Å². The summed E-state index contributed by atoms with van der Waals surface area (Å²) in [7, 11) is 0. The maximum absolute atomic E-state index is 11.7. The van der Waals surface area contributed by atoms with Crippen molar-refractivity contribution in [2.45, 2.75) is 20.8 Å². The lowest BCUT2D eigenvalue weighted by Crippen LogP contribution is -2.32. The topological polar surface area (TPSA) is 90.9 Å².